The van der Waals surface area contributed by atoms with E-state index in [1.165, 1.54) is 12.1 Å². The van der Waals surface area contributed by atoms with Gasteiger partial charge in [0, 0.05) is 60.6 Å². The van der Waals surface area contributed by atoms with Gasteiger partial charge in [-0.1, -0.05) is 176 Å². The Balaban J connectivity index is 1.17. The van der Waals surface area contributed by atoms with Crippen molar-refractivity contribution in [3.63, 3.8) is 0 Å². The Labute approximate surface area is 411 Å². The van der Waals surface area contributed by atoms with Gasteiger partial charge in [0.2, 0.25) is 0 Å². The summed E-state index contributed by atoms with van der Waals surface area (Å²) in [5.41, 5.74) is 9.60. The summed E-state index contributed by atoms with van der Waals surface area (Å²) >= 11 is 0. The zero-order valence-electron chi connectivity index (χ0n) is 38.3. The minimum Gasteiger partial charge on any atom is -0.309 e. The molecule has 0 amide bonds. The van der Waals surface area contributed by atoms with E-state index in [4.69, 9.17) is 19.9 Å². The molecule has 0 N–H and O–H groups in total. The number of hydrogen-bond acceptors (Lipinski definition) is 4. The highest BCUT2D eigenvalue weighted by atomic mass is 19.4. The molecule has 0 atom stereocenters. The molecule has 342 valence electrons. The van der Waals surface area contributed by atoms with Crippen molar-refractivity contribution in [1.29, 1.82) is 0 Å². The maximum Gasteiger partial charge on any atom is 0.416 e. The van der Waals surface area contributed by atoms with Crippen LogP contribution in [0.25, 0.3) is 123 Å². The van der Waals surface area contributed by atoms with Crippen LogP contribution in [0, 0.1) is 0 Å². The Bertz CT molecular complexity index is 3870. The van der Waals surface area contributed by atoms with E-state index in [0.717, 1.165) is 66.0 Å². The molecule has 13 aromatic rings. The lowest BCUT2D eigenvalue weighted by molar-refractivity contribution is -0.137. The van der Waals surface area contributed by atoms with Crippen molar-refractivity contribution < 1.29 is 13.2 Å². The predicted molar refractivity (Wildman–Crippen MR) is 284 cm³/mol. The molecule has 0 unspecified atom stereocenters. The first kappa shape index (κ1) is 42.6. The van der Waals surface area contributed by atoms with E-state index in [0.29, 0.717) is 39.9 Å². The molecule has 6 nitrogen and oxygen atoms in total. The molecule has 0 saturated carbocycles. The number of aromatic nitrogens is 6. The second kappa shape index (κ2) is 17.2. The number of rotatable bonds is 8. The smallest absolute Gasteiger partial charge is 0.309 e. The Morgan fingerprint density at radius 1 is 0.306 bits per heavy atom. The van der Waals surface area contributed by atoms with Crippen LogP contribution in [0.4, 0.5) is 13.2 Å². The first-order valence-electron chi connectivity index (χ1n) is 23.6. The third-order valence-corrected chi connectivity index (χ3v) is 13.4. The minimum atomic E-state index is -4.78. The van der Waals surface area contributed by atoms with E-state index in [1.54, 1.807) is 6.07 Å². The van der Waals surface area contributed by atoms with Gasteiger partial charge in [0.1, 0.15) is 0 Å². The molecule has 0 aliphatic carbocycles. The average molecular weight is 937 g/mol. The molecule has 4 heterocycles. The van der Waals surface area contributed by atoms with Crippen LogP contribution in [-0.2, 0) is 6.18 Å². The van der Waals surface area contributed by atoms with Crippen LogP contribution < -0.4 is 0 Å². The summed E-state index contributed by atoms with van der Waals surface area (Å²) in [5, 5.41) is 4.09. The second-order valence-electron chi connectivity index (χ2n) is 17.7. The molecule has 9 heteroatoms. The number of alkyl halides is 3. The van der Waals surface area contributed by atoms with Gasteiger partial charge in [-0.15, -0.1) is 0 Å². The molecule has 0 saturated heterocycles. The SMILES string of the molecule is FC(F)(F)c1cc(-c2cc(-c3ccccc3)nc(-c3ccccc3)n2)c(-n2c3ccccc3c3cc(-n4c5ccccc5c5ccccc54)ccc32)c(-c2nc(-c3ccccc3)cc(-c3ccccc3)n2)c1. The highest BCUT2D eigenvalue weighted by Gasteiger charge is 2.35. The fourth-order valence-electron chi connectivity index (χ4n) is 10.1. The number of fused-ring (bicyclic) bond motifs is 6. The Kier molecular flexibility index (Phi) is 10.2. The number of hydrogen-bond donors (Lipinski definition) is 0. The van der Waals surface area contributed by atoms with Crippen molar-refractivity contribution in [3.8, 4) is 79.2 Å². The molecule has 0 spiro atoms. The molecule has 72 heavy (non-hydrogen) atoms. The monoisotopic (exact) mass is 936 g/mol. The van der Waals surface area contributed by atoms with Gasteiger partial charge in [-0.05, 0) is 60.7 Å². The molecule has 0 bridgehead atoms. The van der Waals surface area contributed by atoms with Gasteiger partial charge in [0.25, 0.3) is 0 Å². The molecule has 0 aliphatic heterocycles. The largest absolute Gasteiger partial charge is 0.416 e. The number of para-hydroxylation sites is 3. The van der Waals surface area contributed by atoms with Crippen LogP contribution in [0.3, 0.4) is 0 Å². The quantitative estimate of drug-likeness (QED) is 0.152. The van der Waals surface area contributed by atoms with E-state index < -0.39 is 11.7 Å². The van der Waals surface area contributed by atoms with Gasteiger partial charge in [-0.25, -0.2) is 19.9 Å². The highest BCUT2D eigenvalue weighted by molar-refractivity contribution is 6.13. The number of halogens is 3. The zero-order valence-corrected chi connectivity index (χ0v) is 38.3. The molecule has 13 rings (SSSR count). The summed E-state index contributed by atoms with van der Waals surface area (Å²) in [6, 6.07) is 75.7. The van der Waals surface area contributed by atoms with Gasteiger partial charge in [-0.2, -0.15) is 13.2 Å². The number of nitrogens with zero attached hydrogens (tertiary/aromatic N) is 6. The lowest BCUT2D eigenvalue weighted by Crippen LogP contribution is -2.11. The van der Waals surface area contributed by atoms with Gasteiger partial charge in [0.15, 0.2) is 11.6 Å². The normalized spacial score (nSPS) is 11.8. The number of benzene rings is 9. The maximum absolute atomic E-state index is 15.9. The van der Waals surface area contributed by atoms with Gasteiger partial charge >= 0.3 is 6.18 Å². The van der Waals surface area contributed by atoms with E-state index in [1.807, 2.05) is 158 Å². The fraction of sp³-hybridized carbons (Fsp3) is 0.0159. The van der Waals surface area contributed by atoms with E-state index in [9.17, 15) is 0 Å². The van der Waals surface area contributed by atoms with Crippen molar-refractivity contribution in [1.82, 2.24) is 29.1 Å². The molecular formula is C63H39F3N6. The van der Waals surface area contributed by atoms with Crippen LogP contribution in [0.15, 0.2) is 237 Å². The lowest BCUT2D eigenvalue weighted by atomic mass is 9.96. The summed E-state index contributed by atoms with van der Waals surface area (Å²) in [4.78, 5) is 20.6. The van der Waals surface area contributed by atoms with Gasteiger partial charge in [0.05, 0.1) is 56.1 Å². The predicted octanol–water partition coefficient (Wildman–Crippen LogP) is 16.5. The summed E-state index contributed by atoms with van der Waals surface area (Å²) < 4.78 is 51.9. The van der Waals surface area contributed by atoms with E-state index in [-0.39, 0.29) is 17.0 Å². The van der Waals surface area contributed by atoms with Crippen molar-refractivity contribution in [2.24, 2.45) is 0 Å². The molecule has 4 aromatic heterocycles. The topological polar surface area (TPSA) is 61.4 Å². The Hall–Kier alpha value is -9.47. The van der Waals surface area contributed by atoms with Crippen LogP contribution >= 0.6 is 0 Å². The minimum absolute atomic E-state index is 0.117. The van der Waals surface area contributed by atoms with E-state index in [2.05, 4.69) is 69.8 Å². The van der Waals surface area contributed by atoms with Gasteiger partial charge < -0.3 is 9.13 Å². The van der Waals surface area contributed by atoms with E-state index >= 15 is 13.2 Å². The molecule has 0 fully saturated rings. The summed E-state index contributed by atoms with van der Waals surface area (Å²) in [6.07, 6.45) is -4.78. The van der Waals surface area contributed by atoms with Crippen molar-refractivity contribution in [3.05, 3.63) is 242 Å². The third kappa shape index (κ3) is 7.38. The highest BCUT2D eigenvalue weighted by Crippen LogP contribution is 2.46. The first-order valence-corrected chi connectivity index (χ1v) is 23.6. The zero-order chi connectivity index (χ0) is 48.3. The van der Waals surface area contributed by atoms with Crippen LogP contribution in [0.2, 0.25) is 0 Å². The van der Waals surface area contributed by atoms with Crippen LogP contribution in [0.1, 0.15) is 5.56 Å². The molecule has 9 aromatic carbocycles. The second-order valence-corrected chi connectivity index (χ2v) is 17.7. The summed E-state index contributed by atoms with van der Waals surface area (Å²) in [5.74, 6) is 0.481. The third-order valence-electron chi connectivity index (χ3n) is 13.4. The van der Waals surface area contributed by atoms with Crippen LogP contribution in [0.5, 0.6) is 0 Å². The molecular weight excluding hydrogens is 898 g/mol. The molecule has 0 aliphatic rings. The van der Waals surface area contributed by atoms with Gasteiger partial charge in [-0.3, -0.25) is 0 Å². The molecule has 0 radical (unpaired) electrons. The first-order chi connectivity index (χ1) is 35.3. The summed E-state index contributed by atoms with van der Waals surface area (Å²) in [7, 11) is 0. The summed E-state index contributed by atoms with van der Waals surface area (Å²) in [6.45, 7) is 0. The Morgan fingerprint density at radius 3 is 1.21 bits per heavy atom. The van der Waals surface area contributed by atoms with Crippen molar-refractivity contribution >= 4 is 43.6 Å². The average Bonchev–Trinajstić information content (AvgIpc) is 3.95. The maximum atomic E-state index is 15.9. The Morgan fingerprint density at radius 2 is 0.694 bits per heavy atom. The van der Waals surface area contributed by atoms with Crippen molar-refractivity contribution in [2.75, 3.05) is 0 Å². The van der Waals surface area contributed by atoms with Crippen LogP contribution in [-0.4, -0.2) is 29.1 Å². The van der Waals surface area contributed by atoms with Crippen molar-refractivity contribution in [2.45, 2.75) is 6.18 Å². The lowest BCUT2D eigenvalue weighted by Gasteiger charge is -2.22. The fourth-order valence-corrected chi connectivity index (χ4v) is 10.1. The standard InChI is InChI=1S/C63H39F3N6/c64-63(65,66)44-35-50(55-39-54(42-23-9-3-10-24-42)67-61(70-55)43-25-11-4-12-26-43)60(51(36-44)62-68-52(40-19-5-1-6-20-40)38-53(69-62)41-21-7-2-8-22-41)72-58-32-18-15-29-48(58)49-37-45(33-34-59(49)72)71-56-30-16-13-27-46(56)47-28-14-17-31-57(47)71/h1-39H.